The number of hydrogen-bond donors (Lipinski definition) is 1. The highest BCUT2D eigenvalue weighted by Gasteiger charge is 2.27. The van der Waals surface area contributed by atoms with Crippen LogP contribution >= 0.6 is 0 Å². The molecule has 1 aromatic carbocycles. The van der Waals surface area contributed by atoms with Gasteiger partial charge in [-0.3, -0.25) is 19.4 Å². The summed E-state index contributed by atoms with van der Waals surface area (Å²) in [5.41, 5.74) is 1.12. The quantitative estimate of drug-likeness (QED) is 0.793. The minimum absolute atomic E-state index is 0.0111. The standard InChI is InChI=1S/C23H36N4O2/c1-18-13-19(2)15-27(14-18)23(29)17-26-11-9-25(10-12-26)16-22(28)24-20(3)21-7-5-4-6-8-21/h4-8,18-20H,9-17H2,1-3H3,(H,24,28). The van der Waals surface area contributed by atoms with Crippen molar-refractivity contribution in [2.75, 3.05) is 52.4 Å². The summed E-state index contributed by atoms with van der Waals surface area (Å²) in [6, 6.07) is 10.0. The molecule has 3 atom stereocenters. The lowest BCUT2D eigenvalue weighted by Crippen LogP contribution is -2.53. The third-order valence-electron chi connectivity index (χ3n) is 6.09. The number of piperazine rings is 1. The van der Waals surface area contributed by atoms with Gasteiger partial charge in [-0.25, -0.2) is 0 Å². The molecule has 2 aliphatic heterocycles. The molecule has 3 unspecified atom stereocenters. The van der Waals surface area contributed by atoms with Crippen LogP contribution in [0.4, 0.5) is 0 Å². The minimum atomic E-state index is 0.0111. The van der Waals surface area contributed by atoms with Crippen LogP contribution in [0.3, 0.4) is 0 Å². The van der Waals surface area contributed by atoms with Gasteiger partial charge in [0.15, 0.2) is 0 Å². The van der Waals surface area contributed by atoms with E-state index < -0.39 is 0 Å². The van der Waals surface area contributed by atoms with Gasteiger partial charge in [-0.2, -0.15) is 0 Å². The summed E-state index contributed by atoms with van der Waals surface area (Å²) in [6.45, 7) is 12.5. The normalized spacial score (nSPS) is 24.9. The molecule has 160 valence electrons. The van der Waals surface area contributed by atoms with Gasteiger partial charge >= 0.3 is 0 Å². The number of benzene rings is 1. The highest BCUT2D eigenvalue weighted by Crippen LogP contribution is 2.21. The summed E-state index contributed by atoms with van der Waals surface area (Å²) in [7, 11) is 0. The summed E-state index contributed by atoms with van der Waals surface area (Å²) in [5.74, 6) is 1.50. The fourth-order valence-electron chi connectivity index (χ4n) is 4.58. The van der Waals surface area contributed by atoms with Crippen LogP contribution in [0.15, 0.2) is 30.3 Å². The number of carbonyl (C=O) groups excluding carboxylic acids is 2. The lowest BCUT2D eigenvalue weighted by atomic mass is 9.92. The second-order valence-electron chi connectivity index (χ2n) is 9.00. The topological polar surface area (TPSA) is 55.9 Å². The summed E-state index contributed by atoms with van der Waals surface area (Å²) in [5, 5.41) is 3.08. The number of carbonyl (C=O) groups is 2. The van der Waals surface area contributed by atoms with Gasteiger partial charge in [0.05, 0.1) is 19.1 Å². The van der Waals surface area contributed by atoms with Crippen molar-refractivity contribution >= 4 is 11.8 Å². The number of nitrogens with zero attached hydrogens (tertiary/aromatic N) is 3. The van der Waals surface area contributed by atoms with Crippen molar-refractivity contribution in [3.63, 3.8) is 0 Å². The van der Waals surface area contributed by atoms with Gasteiger partial charge < -0.3 is 10.2 Å². The first-order chi connectivity index (χ1) is 13.9. The summed E-state index contributed by atoms with van der Waals surface area (Å²) in [6.07, 6.45) is 1.22. The molecule has 1 aromatic rings. The molecular weight excluding hydrogens is 364 g/mol. The molecule has 1 N–H and O–H groups in total. The lowest BCUT2D eigenvalue weighted by molar-refractivity contribution is -0.135. The van der Waals surface area contributed by atoms with E-state index >= 15 is 0 Å². The molecule has 2 heterocycles. The van der Waals surface area contributed by atoms with Crippen molar-refractivity contribution in [1.29, 1.82) is 0 Å². The van der Waals surface area contributed by atoms with E-state index in [1.165, 1.54) is 6.42 Å². The van der Waals surface area contributed by atoms with Gasteiger partial charge in [-0.15, -0.1) is 0 Å². The summed E-state index contributed by atoms with van der Waals surface area (Å²) in [4.78, 5) is 31.5. The van der Waals surface area contributed by atoms with E-state index in [1.807, 2.05) is 42.2 Å². The largest absolute Gasteiger partial charge is 0.348 e. The third kappa shape index (κ3) is 6.54. The Hall–Kier alpha value is -1.92. The Morgan fingerprint density at radius 1 is 0.966 bits per heavy atom. The molecule has 0 radical (unpaired) electrons. The Kier molecular flexibility index (Phi) is 7.67. The van der Waals surface area contributed by atoms with E-state index in [-0.39, 0.29) is 17.9 Å². The average molecular weight is 401 g/mol. The summed E-state index contributed by atoms with van der Waals surface area (Å²) >= 11 is 0. The van der Waals surface area contributed by atoms with Crippen LogP contribution in [-0.2, 0) is 9.59 Å². The average Bonchev–Trinajstić information content (AvgIpc) is 2.69. The van der Waals surface area contributed by atoms with E-state index in [0.29, 0.717) is 24.9 Å². The number of hydrogen-bond acceptors (Lipinski definition) is 4. The molecule has 3 rings (SSSR count). The number of amides is 2. The van der Waals surface area contributed by atoms with Gasteiger partial charge in [0, 0.05) is 39.3 Å². The fraction of sp³-hybridized carbons (Fsp3) is 0.652. The molecule has 2 aliphatic rings. The Labute approximate surface area is 175 Å². The highest BCUT2D eigenvalue weighted by molar-refractivity contribution is 5.79. The van der Waals surface area contributed by atoms with Crippen LogP contribution in [0.2, 0.25) is 0 Å². The Bertz CT molecular complexity index is 663. The van der Waals surface area contributed by atoms with Crippen LogP contribution < -0.4 is 5.32 Å². The predicted octanol–water partition coefficient (Wildman–Crippen LogP) is 1.99. The van der Waals surface area contributed by atoms with Crippen LogP contribution in [0.1, 0.15) is 38.8 Å². The van der Waals surface area contributed by atoms with Gasteiger partial charge in [0.25, 0.3) is 0 Å². The molecule has 6 nitrogen and oxygen atoms in total. The van der Waals surface area contributed by atoms with Crippen molar-refractivity contribution in [3.8, 4) is 0 Å². The summed E-state index contributed by atoms with van der Waals surface area (Å²) < 4.78 is 0. The van der Waals surface area contributed by atoms with Crippen molar-refractivity contribution in [2.45, 2.75) is 33.2 Å². The Morgan fingerprint density at radius 3 is 2.10 bits per heavy atom. The molecule has 0 aromatic heterocycles. The molecule has 2 fully saturated rings. The van der Waals surface area contributed by atoms with E-state index in [2.05, 4.69) is 29.0 Å². The van der Waals surface area contributed by atoms with Gasteiger partial charge in [-0.05, 0) is 30.7 Å². The van der Waals surface area contributed by atoms with Crippen molar-refractivity contribution in [1.82, 2.24) is 20.0 Å². The Morgan fingerprint density at radius 2 is 1.52 bits per heavy atom. The maximum Gasteiger partial charge on any atom is 0.236 e. The second kappa shape index (κ2) is 10.2. The van der Waals surface area contributed by atoms with Crippen LogP contribution in [-0.4, -0.2) is 78.9 Å². The van der Waals surface area contributed by atoms with Crippen molar-refractivity contribution in [3.05, 3.63) is 35.9 Å². The molecular formula is C23H36N4O2. The molecule has 6 heteroatoms. The predicted molar refractivity (Wildman–Crippen MR) is 115 cm³/mol. The minimum Gasteiger partial charge on any atom is -0.348 e. The van der Waals surface area contributed by atoms with E-state index in [0.717, 1.165) is 44.8 Å². The molecule has 0 aliphatic carbocycles. The van der Waals surface area contributed by atoms with Crippen LogP contribution in [0.25, 0.3) is 0 Å². The zero-order chi connectivity index (χ0) is 20.8. The van der Waals surface area contributed by atoms with Crippen molar-refractivity contribution in [2.24, 2.45) is 11.8 Å². The first kappa shape index (κ1) is 21.8. The van der Waals surface area contributed by atoms with Gasteiger partial charge in [0.2, 0.25) is 11.8 Å². The lowest BCUT2D eigenvalue weighted by Gasteiger charge is -2.38. The smallest absolute Gasteiger partial charge is 0.236 e. The molecule has 0 spiro atoms. The van der Waals surface area contributed by atoms with Crippen LogP contribution in [0.5, 0.6) is 0 Å². The molecule has 2 saturated heterocycles. The number of likely N-dealkylation sites (tertiary alicyclic amines) is 1. The van der Waals surface area contributed by atoms with Gasteiger partial charge in [0.1, 0.15) is 0 Å². The molecule has 0 saturated carbocycles. The maximum absolute atomic E-state index is 12.7. The van der Waals surface area contributed by atoms with Crippen LogP contribution in [0, 0.1) is 11.8 Å². The number of rotatable bonds is 6. The maximum atomic E-state index is 12.7. The first-order valence-corrected chi connectivity index (χ1v) is 11.0. The first-order valence-electron chi connectivity index (χ1n) is 11.0. The SMILES string of the molecule is CC1CC(C)CN(C(=O)CN2CCN(CC(=O)NC(C)c3ccccc3)CC2)C1. The highest BCUT2D eigenvalue weighted by atomic mass is 16.2. The van der Waals surface area contributed by atoms with Gasteiger partial charge in [-0.1, -0.05) is 44.2 Å². The zero-order valence-electron chi connectivity index (χ0n) is 18.1. The van der Waals surface area contributed by atoms with E-state index in [9.17, 15) is 9.59 Å². The third-order valence-corrected chi connectivity index (χ3v) is 6.09. The van der Waals surface area contributed by atoms with Crippen molar-refractivity contribution < 1.29 is 9.59 Å². The molecule has 0 bridgehead atoms. The zero-order valence-corrected chi connectivity index (χ0v) is 18.1. The number of piperidine rings is 1. The fourth-order valence-corrected chi connectivity index (χ4v) is 4.58. The number of nitrogens with one attached hydrogen (secondary N) is 1. The second-order valence-corrected chi connectivity index (χ2v) is 9.00. The molecule has 29 heavy (non-hydrogen) atoms. The van der Waals surface area contributed by atoms with E-state index in [1.54, 1.807) is 0 Å². The monoisotopic (exact) mass is 400 g/mol. The molecule has 2 amide bonds. The van der Waals surface area contributed by atoms with E-state index in [4.69, 9.17) is 0 Å². The Balaban J connectivity index is 1.38.